The normalized spacial score (nSPS) is 11.1. The Morgan fingerprint density at radius 2 is 1.50 bits per heavy atom. The van der Waals surface area contributed by atoms with E-state index in [1.54, 1.807) is 5.48 Å². The molecule has 0 atom stereocenters. The number of unbranched alkanes of at least 4 members (excludes halogenated alkanes) is 2. The molecule has 1 amide bonds. The largest absolute Gasteiger partial charge is 0.295 e. The molecular formula is C24H28N2O2. The molecule has 0 aliphatic rings. The van der Waals surface area contributed by atoms with Crippen molar-refractivity contribution in [2.24, 2.45) is 0 Å². The Kier molecular flexibility index (Phi) is 7.59. The average molecular weight is 377 g/mol. The minimum atomic E-state index is -0.308. The Labute approximate surface area is 166 Å². The van der Waals surface area contributed by atoms with Gasteiger partial charge in [-0.2, -0.15) is 0 Å². The van der Waals surface area contributed by atoms with Gasteiger partial charge in [0.05, 0.1) is 0 Å². The summed E-state index contributed by atoms with van der Waals surface area (Å²) < 4.78 is 0. The molecule has 0 aliphatic carbocycles. The third-order valence-corrected chi connectivity index (χ3v) is 4.97. The minimum absolute atomic E-state index is 0.308. The molecule has 0 bridgehead atoms. The summed E-state index contributed by atoms with van der Waals surface area (Å²) in [6.07, 6.45) is 3.16. The molecule has 4 nitrogen and oxygen atoms in total. The highest BCUT2D eigenvalue weighted by Crippen LogP contribution is 2.18. The van der Waals surface area contributed by atoms with E-state index in [0.717, 1.165) is 38.9 Å². The molecule has 0 fully saturated rings. The molecule has 2 N–H and O–H groups in total. The molecule has 0 saturated carbocycles. The Morgan fingerprint density at radius 1 is 0.786 bits per heavy atom. The van der Waals surface area contributed by atoms with E-state index in [1.165, 1.54) is 21.9 Å². The van der Waals surface area contributed by atoms with Crippen molar-refractivity contribution in [3.05, 3.63) is 83.9 Å². The van der Waals surface area contributed by atoms with Crippen molar-refractivity contribution in [2.75, 3.05) is 6.54 Å². The zero-order chi connectivity index (χ0) is 19.6. The molecule has 0 radical (unpaired) electrons. The summed E-state index contributed by atoms with van der Waals surface area (Å²) in [5.74, 6) is -0.308. The first-order valence-electron chi connectivity index (χ1n) is 9.91. The maximum atomic E-state index is 11.1. The van der Waals surface area contributed by atoms with Crippen molar-refractivity contribution in [2.45, 2.75) is 38.8 Å². The first kappa shape index (κ1) is 20.1. The number of benzene rings is 3. The first-order valence-corrected chi connectivity index (χ1v) is 9.91. The van der Waals surface area contributed by atoms with Gasteiger partial charge in [-0.1, -0.05) is 73.2 Å². The Hall–Kier alpha value is -2.69. The maximum absolute atomic E-state index is 11.1. The van der Waals surface area contributed by atoms with Crippen molar-refractivity contribution in [3.8, 4) is 0 Å². The average Bonchev–Trinajstić information content (AvgIpc) is 2.74. The molecule has 0 unspecified atom stereocenters. The van der Waals surface area contributed by atoms with Crippen LogP contribution < -0.4 is 5.48 Å². The van der Waals surface area contributed by atoms with Crippen molar-refractivity contribution in [1.29, 1.82) is 0 Å². The molecule has 3 aromatic carbocycles. The minimum Gasteiger partial charge on any atom is -0.295 e. The number of carbonyl (C=O) groups is 1. The second-order valence-electron chi connectivity index (χ2n) is 7.22. The lowest BCUT2D eigenvalue weighted by atomic mass is 10.1. The van der Waals surface area contributed by atoms with Gasteiger partial charge in [0.1, 0.15) is 0 Å². The number of carbonyl (C=O) groups excluding carboxylic acids is 1. The van der Waals surface area contributed by atoms with E-state index in [0.29, 0.717) is 6.42 Å². The predicted molar refractivity (Wildman–Crippen MR) is 113 cm³/mol. The number of fused-ring (bicyclic) bond motifs is 1. The van der Waals surface area contributed by atoms with Crippen LogP contribution in [0.3, 0.4) is 0 Å². The lowest BCUT2D eigenvalue weighted by Crippen LogP contribution is -2.24. The fourth-order valence-electron chi connectivity index (χ4n) is 3.50. The molecular weight excluding hydrogens is 348 g/mol. The van der Waals surface area contributed by atoms with Crippen molar-refractivity contribution >= 4 is 16.7 Å². The highest BCUT2D eigenvalue weighted by atomic mass is 16.5. The summed E-state index contributed by atoms with van der Waals surface area (Å²) in [5, 5.41) is 11.1. The quantitative estimate of drug-likeness (QED) is 0.300. The SMILES string of the molecule is O=C(CCCCCN(Cc1ccccc1)Cc1ccc2ccccc2c1)NO. The van der Waals surface area contributed by atoms with E-state index in [1.807, 2.05) is 6.07 Å². The van der Waals surface area contributed by atoms with Gasteiger partial charge >= 0.3 is 0 Å². The standard InChI is InChI=1S/C24H28N2O2/c27-24(25-28)13-5-2-8-16-26(18-20-9-3-1-4-10-20)19-21-14-15-22-11-6-7-12-23(22)17-21/h1,3-4,6-7,9-12,14-15,17,28H,2,5,8,13,16,18-19H2,(H,25,27). The molecule has 28 heavy (non-hydrogen) atoms. The fourth-order valence-corrected chi connectivity index (χ4v) is 3.50. The van der Waals surface area contributed by atoms with Crippen LogP contribution in [0, 0.1) is 0 Å². The van der Waals surface area contributed by atoms with Gasteiger partial charge in [0, 0.05) is 19.5 Å². The second kappa shape index (κ2) is 10.6. The summed E-state index contributed by atoms with van der Waals surface area (Å²) in [4.78, 5) is 13.6. The number of hydroxylamine groups is 1. The smallest absolute Gasteiger partial charge is 0.243 e. The van der Waals surface area contributed by atoms with Crippen LogP contribution in [0.4, 0.5) is 0 Å². The van der Waals surface area contributed by atoms with Crippen molar-refractivity contribution < 1.29 is 10.0 Å². The highest BCUT2D eigenvalue weighted by molar-refractivity contribution is 5.82. The van der Waals surface area contributed by atoms with Crippen LogP contribution in [0.25, 0.3) is 10.8 Å². The summed E-state index contributed by atoms with van der Waals surface area (Å²) in [5.41, 5.74) is 4.32. The molecule has 146 valence electrons. The summed E-state index contributed by atoms with van der Waals surface area (Å²) >= 11 is 0. The molecule has 0 saturated heterocycles. The van der Waals surface area contributed by atoms with Crippen molar-refractivity contribution in [1.82, 2.24) is 10.4 Å². The third kappa shape index (κ3) is 6.19. The number of rotatable bonds is 10. The zero-order valence-electron chi connectivity index (χ0n) is 16.2. The molecule has 3 rings (SSSR count). The number of hydrogen-bond donors (Lipinski definition) is 2. The molecule has 0 heterocycles. The first-order chi connectivity index (χ1) is 13.7. The molecule has 4 heteroatoms. The van der Waals surface area contributed by atoms with E-state index in [2.05, 4.69) is 71.6 Å². The van der Waals surface area contributed by atoms with Crippen LogP contribution in [0.15, 0.2) is 72.8 Å². The Morgan fingerprint density at radius 3 is 2.29 bits per heavy atom. The fraction of sp³-hybridized carbons (Fsp3) is 0.292. The lowest BCUT2D eigenvalue weighted by Gasteiger charge is -2.23. The van der Waals surface area contributed by atoms with Crippen LogP contribution in [0.1, 0.15) is 36.8 Å². The molecule has 0 spiro atoms. The van der Waals surface area contributed by atoms with E-state index < -0.39 is 0 Å². The predicted octanol–water partition coefficient (Wildman–Crippen LogP) is 4.91. The summed E-state index contributed by atoms with van der Waals surface area (Å²) in [7, 11) is 0. The Bertz CT molecular complexity index is 880. The molecule has 0 aromatic heterocycles. The van der Waals surface area contributed by atoms with E-state index in [9.17, 15) is 4.79 Å². The lowest BCUT2D eigenvalue weighted by molar-refractivity contribution is -0.129. The van der Waals surface area contributed by atoms with Gasteiger partial charge in [0.15, 0.2) is 0 Å². The highest BCUT2D eigenvalue weighted by Gasteiger charge is 2.08. The maximum Gasteiger partial charge on any atom is 0.243 e. The van der Waals surface area contributed by atoms with Crippen LogP contribution in [0.5, 0.6) is 0 Å². The third-order valence-electron chi connectivity index (χ3n) is 4.97. The van der Waals surface area contributed by atoms with Crippen LogP contribution in [0.2, 0.25) is 0 Å². The number of nitrogens with one attached hydrogen (secondary N) is 1. The van der Waals surface area contributed by atoms with Gasteiger partial charge in [0.25, 0.3) is 0 Å². The van der Waals surface area contributed by atoms with E-state index in [-0.39, 0.29) is 5.91 Å². The summed E-state index contributed by atoms with van der Waals surface area (Å²) in [6, 6.07) is 25.7. The number of amides is 1. The van der Waals surface area contributed by atoms with E-state index in [4.69, 9.17) is 5.21 Å². The molecule has 3 aromatic rings. The second-order valence-corrected chi connectivity index (χ2v) is 7.22. The molecule has 0 aliphatic heterocycles. The van der Waals surface area contributed by atoms with Crippen LogP contribution in [-0.4, -0.2) is 22.6 Å². The van der Waals surface area contributed by atoms with E-state index >= 15 is 0 Å². The monoisotopic (exact) mass is 376 g/mol. The van der Waals surface area contributed by atoms with Gasteiger partial charge in [0.2, 0.25) is 5.91 Å². The van der Waals surface area contributed by atoms with Crippen LogP contribution >= 0.6 is 0 Å². The van der Waals surface area contributed by atoms with Gasteiger partial charge < -0.3 is 0 Å². The number of hydrogen-bond acceptors (Lipinski definition) is 3. The van der Waals surface area contributed by atoms with Gasteiger partial charge in [-0.15, -0.1) is 0 Å². The van der Waals surface area contributed by atoms with Gasteiger partial charge in [-0.3, -0.25) is 14.9 Å². The Balaban J connectivity index is 1.62. The van der Waals surface area contributed by atoms with Gasteiger partial charge in [-0.25, -0.2) is 5.48 Å². The van der Waals surface area contributed by atoms with Gasteiger partial charge in [-0.05, 0) is 47.4 Å². The topological polar surface area (TPSA) is 52.6 Å². The number of nitrogens with zero attached hydrogens (tertiary/aromatic N) is 1. The zero-order valence-corrected chi connectivity index (χ0v) is 16.2. The summed E-state index contributed by atoms with van der Waals surface area (Å²) in [6.45, 7) is 2.78. The van der Waals surface area contributed by atoms with Crippen molar-refractivity contribution in [3.63, 3.8) is 0 Å². The van der Waals surface area contributed by atoms with Crippen LogP contribution in [-0.2, 0) is 17.9 Å².